The second-order valence-electron chi connectivity index (χ2n) is 9.17. The molecule has 1 aromatic heterocycles. The minimum absolute atomic E-state index is 0.167. The highest BCUT2D eigenvalue weighted by Crippen LogP contribution is 2.39. The van der Waals surface area contributed by atoms with Crippen LogP contribution >= 0.6 is 11.3 Å². The SMILES string of the molecule is CCOC(=O)C1=C(c2ccccc2)N=c2s/c(=C/c3cc(OC)c(OC)c(OC)c3)c(=O)n2[C@@H]1c1cccc(OC)c1. The maximum absolute atomic E-state index is 14.1. The highest BCUT2D eigenvalue weighted by molar-refractivity contribution is 7.07. The van der Waals surface area contributed by atoms with E-state index in [2.05, 4.69) is 0 Å². The third-order valence-corrected chi connectivity index (χ3v) is 7.75. The topological polar surface area (TPSA) is 97.6 Å². The van der Waals surface area contributed by atoms with Crippen molar-refractivity contribution >= 4 is 29.1 Å². The number of carbonyl (C=O) groups excluding carboxylic acids is 1. The van der Waals surface area contributed by atoms with Crippen molar-refractivity contribution in [3.8, 4) is 23.0 Å². The molecule has 0 aliphatic carbocycles. The lowest BCUT2D eigenvalue weighted by atomic mass is 9.93. The summed E-state index contributed by atoms with van der Waals surface area (Å²) in [4.78, 5) is 33.1. The zero-order valence-electron chi connectivity index (χ0n) is 23.9. The molecule has 1 atom stereocenters. The molecule has 0 radical (unpaired) electrons. The summed E-state index contributed by atoms with van der Waals surface area (Å²) in [6.07, 6.45) is 1.74. The Labute approximate surface area is 246 Å². The van der Waals surface area contributed by atoms with Crippen molar-refractivity contribution in [3.63, 3.8) is 0 Å². The second kappa shape index (κ2) is 12.4. The van der Waals surface area contributed by atoms with Crippen molar-refractivity contribution in [2.75, 3.05) is 35.0 Å². The first-order valence-electron chi connectivity index (χ1n) is 13.2. The summed E-state index contributed by atoms with van der Waals surface area (Å²) < 4.78 is 29.4. The van der Waals surface area contributed by atoms with Gasteiger partial charge in [-0.05, 0) is 48.4 Å². The standard InChI is InChI=1S/C32H30N2O7S/c1-6-41-31(36)26-27(20-11-8-7-9-12-20)33-32-34(28(26)21-13-10-14-22(18-21)37-2)30(35)25(42-32)17-19-15-23(38-3)29(40-5)24(16-19)39-4/h7-18,28H,6H2,1-5H3/b25-17+/t28-/m1/s1. The number of thiazole rings is 1. The summed E-state index contributed by atoms with van der Waals surface area (Å²) in [5.41, 5.74) is 2.48. The van der Waals surface area contributed by atoms with E-state index in [4.69, 9.17) is 28.7 Å². The van der Waals surface area contributed by atoms with Gasteiger partial charge in [0.15, 0.2) is 16.3 Å². The Kier molecular flexibility index (Phi) is 8.44. The molecule has 0 unspecified atom stereocenters. The quantitative estimate of drug-likeness (QED) is 0.274. The highest BCUT2D eigenvalue weighted by atomic mass is 32.1. The Hall–Kier alpha value is -4.83. The Bertz CT molecular complexity index is 1820. The van der Waals surface area contributed by atoms with Crippen LogP contribution in [0, 0.1) is 0 Å². The first-order valence-corrected chi connectivity index (χ1v) is 14.0. The van der Waals surface area contributed by atoms with E-state index in [-0.39, 0.29) is 17.7 Å². The molecular weight excluding hydrogens is 556 g/mol. The van der Waals surface area contributed by atoms with Gasteiger partial charge in [-0.3, -0.25) is 9.36 Å². The lowest BCUT2D eigenvalue weighted by Crippen LogP contribution is -2.40. The van der Waals surface area contributed by atoms with Crippen LogP contribution in [0.15, 0.2) is 82.1 Å². The molecule has 0 bridgehead atoms. The van der Waals surface area contributed by atoms with Crippen LogP contribution in [0.3, 0.4) is 0 Å². The van der Waals surface area contributed by atoms with E-state index in [0.29, 0.717) is 49.2 Å². The molecule has 0 saturated carbocycles. The van der Waals surface area contributed by atoms with Crippen molar-refractivity contribution < 1.29 is 28.5 Å². The highest BCUT2D eigenvalue weighted by Gasteiger charge is 2.35. The van der Waals surface area contributed by atoms with Gasteiger partial charge in [-0.2, -0.15) is 0 Å². The van der Waals surface area contributed by atoms with E-state index in [9.17, 15) is 9.59 Å². The van der Waals surface area contributed by atoms with Crippen LogP contribution in [0.4, 0.5) is 0 Å². The summed E-state index contributed by atoms with van der Waals surface area (Å²) in [6.45, 7) is 1.91. The molecule has 0 spiro atoms. The molecule has 1 aliphatic heterocycles. The Morgan fingerprint density at radius 1 is 0.929 bits per heavy atom. The Balaban J connectivity index is 1.82. The van der Waals surface area contributed by atoms with Crippen molar-refractivity contribution in [2.24, 2.45) is 4.99 Å². The number of hydrogen-bond acceptors (Lipinski definition) is 9. The summed E-state index contributed by atoms with van der Waals surface area (Å²) in [6, 6.07) is 19.4. The molecule has 0 fully saturated rings. The molecule has 9 nitrogen and oxygen atoms in total. The van der Waals surface area contributed by atoms with Crippen LogP contribution in [0.25, 0.3) is 11.8 Å². The van der Waals surface area contributed by atoms with Crippen LogP contribution < -0.4 is 33.8 Å². The van der Waals surface area contributed by atoms with E-state index >= 15 is 0 Å². The van der Waals surface area contributed by atoms with Crippen LogP contribution in [0.1, 0.15) is 29.7 Å². The molecule has 42 heavy (non-hydrogen) atoms. The molecule has 0 saturated heterocycles. The fourth-order valence-electron chi connectivity index (χ4n) is 4.90. The predicted molar refractivity (Wildman–Crippen MR) is 160 cm³/mol. The summed E-state index contributed by atoms with van der Waals surface area (Å²) in [5.74, 6) is 1.41. The van der Waals surface area contributed by atoms with Crippen LogP contribution in [0.2, 0.25) is 0 Å². The van der Waals surface area contributed by atoms with Gasteiger partial charge in [-0.15, -0.1) is 0 Å². The van der Waals surface area contributed by atoms with Gasteiger partial charge in [0, 0.05) is 5.56 Å². The third kappa shape index (κ3) is 5.28. The van der Waals surface area contributed by atoms with Crippen molar-refractivity contribution in [1.82, 2.24) is 4.57 Å². The average Bonchev–Trinajstić information content (AvgIpc) is 3.34. The largest absolute Gasteiger partial charge is 0.497 e. The minimum atomic E-state index is -0.812. The number of rotatable bonds is 9. The zero-order valence-corrected chi connectivity index (χ0v) is 24.7. The van der Waals surface area contributed by atoms with Gasteiger partial charge in [-0.1, -0.05) is 53.8 Å². The molecule has 0 amide bonds. The number of aromatic nitrogens is 1. The Morgan fingerprint density at radius 2 is 1.64 bits per heavy atom. The first kappa shape index (κ1) is 28.7. The lowest BCUT2D eigenvalue weighted by molar-refractivity contribution is -0.138. The van der Waals surface area contributed by atoms with Gasteiger partial charge in [0.05, 0.1) is 56.9 Å². The molecule has 216 valence electrons. The minimum Gasteiger partial charge on any atom is -0.497 e. The van der Waals surface area contributed by atoms with Crippen LogP contribution in [0.5, 0.6) is 23.0 Å². The van der Waals surface area contributed by atoms with Gasteiger partial charge >= 0.3 is 5.97 Å². The zero-order chi connectivity index (χ0) is 29.8. The molecule has 3 aromatic carbocycles. The molecule has 0 N–H and O–H groups in total. The maximum atomic E-state index is 14.1. The first-order chi connectivity index (χ1) is 20.4. The van der Waals surface area contributed by atoms with Gasteiger partial charge in [0.1, 0.15) is 5.75 Å². The molecular formula is C32H30N2O7S. The van der Waals surface area contributed by atoms with E-state index in [1.54, 1.807) is 36.8 Å². The number of nitrogens with zero attached hydrogens (tertiary/aromatic N) is 2. The smallest absolute Gasteiger partial charge is 0.338 e. The van der Waals surface area contributed by atoms with E-state index in [0.717, 1.165) is 5.56 Å². The number of fused-ring (bicyclic) bond motifs is 1. The van der Waals surface area contributed by atoms with Gasteiger partial charge < -0.3 is 23.7 Å². The number of esters is 1. The van der Waals surface area contributed by atoms with E-state index in [1.807, 2.05) is 54.6 Å². The second-order valence-corrected chi connectivity index (χ2v) is 10.2. The van der Waals surface area contributed by atoms with Crippen molar-refractivity contribution in [2.45, 2.75) is 13.0 Å². The normalized spacial score (nSPS) is 14.6. The third-order valence-electron chi connectivity index (χ3n) is 6.77. The molecule has 4 aromatic rings. The Morgan fingerprint density at radius 3 is 2.26 bits per heavy atom. The van der Waals surface area contributed by atoms with Gasteiger partial charge in [0.25, 0.3) is 5.56 Å². The summed E-state index contributed by atoms with van der Waals surface area (Å²) in [5, 5.41) is 0. The number of methoxy groups -OCH3 is 4. The van der Waals surface area contributed by atoms with Crippen LogP contribution in [-0.2, 0) is 9.53 Å². The average molecular weight is 587 g/mol. The summed E-state index contributed by atoms with van der Waals surface area (Å²) in [7, 11) is 6.16. The fraction of sp³-hybridized carbons (Fsp3) is 0.219. The number of hydrogen-bond donors (Lipinski definition) is 0. The number of benzene rings is 3. The van der Waals surface area contributed by atoms with Crippen molar-refractivity contribution in [1.29, 1.82) is 0 Å². The van der Waals surface area contributed by atoms with Crippen LogP contribution in [-0.4, -0.2) is 45.6 Å². The lowest BCUT2D eigenvalue weighted by Gasteiger charge is -2.26. The number of carbonyl (C=O) groups is 1. The maximum Gasteiger partial charge on any atom is 0.338 e. The monoisotopic (exact) mass is 586 g/mol. The predicted octanol–water partition coefficient (Wildman–Crippen LogP) is 3.97. The van der Waals surface area contributed by atoms with Gasteiger partial charge in [0.2, 0.25) is 5.75 Å². The number of ether oxygens (including phenoxy) is 5. The van der Waals surface area contributed by atoms with E-state index in [1.165, 1.54) is 32.7 Å². The fourth-order valence-corrected chi connectivity index (χ4v) is 5.90. The van der Waals surface area contributed by atoms with Crippen molar-refractivity contribution in [3.05, 3.63) is 109 Å². The molecule has 5 rings (SSSR count). The molecule has 2 heterocycles. The molecule has 1 aliphatic rings. The summed E-state index contributed by atoms with van der Waals surface area (Å²) >= 11 is 1.23. The van der Waals surface area contributed by atoms with Gasteiger partial charge in [-0.25, -0.2) is 9.79 Å². The molecule has 10 heteroatoms. The van der Waals surface area contributed by atoms with E-state index < -0.39 is 12.0 Å².